The third-order valence-corrected chi connectivity index (χ3v) is 4.99. The molecular formula is C15H26N4S. The van der Waals surface area contributed by atoms with Crippen LogP contribution >= 0.6 is 11.8 Å². The SMILES string of the molecule is CC1SCCN(c2ncc(CNC(C)(C)C)cn2)C1C. The Balaban J connectivity index is 2.00. The number of hydrogen-bond donors (Lipinski definition) is 1. The Hall–Kier alpha value is -0.810. The Bertz CT molecular complexity index is 426. The van der Waals surface area contributed by atoms with Crippen molar-refractivity contribution in [2.45, 2.75) is 58.0 Å². The molecule has 112 valence electrons. The maximum atomic E-state index is 4.55. The van der Waals surface area contributed by atoms with Crippen molar-refractivity contribution in [1.82, 2.24) is 15.3 Å². The van der Waals surface area contributed by atoms with Crippen molar-refractivity contribution in [3.05, 3.63) is 18.0 Å². The summed E-state index contributed by atoms with van der Waals surface area (Å²) >= 11 is 2.03. The molecule has 0 saturated carbocycles. The average Bonchev–Trinajstić information content (AvgIpc) is 2.40. The normalized spacial score (nSPS) is 23.9. The van der Waals surface area contributed by atoms with E-state index in [-0.39, 0.29) is 5.54 Å². The Labute approximate surface area is 126 Å². The molecule has 2 atom stereocenters. The van der Waals surface area contributed by atoms with Crippen LogP contribution in [0.5, 0.6) is 0 Å². The molecule has 1 aliphatic heterocycles. The fourth-order valence-corrected chi connectivity index (χ4v) is 3.27. The van der Waals surface area contributed by atoms with Gasteiger partial charge in [-0.25, -0.2) is 9.97 Å². The van der Waals surface area contributed by atoms with Crippen LogP contribution < -0.4 is 10.2 Å². The molecule has 0 spiro atoms. The van der Waals surface area contributed by atoms with E-state index in [4.69, 9.17) is 0 Å². The van der Waals surface area contributed by atoms with Gasteiger partial charge in [-0.2, -0.15) is 11.8 Å². The molecule has 1 saturated heterocycles. The quantitative estimate of drug-likeness (QED) is 0.928. The average molecular weight is 294 g/mol. The van der Waals surface area contributed by atoms with Crippen molar-refractivity contribution in [2.75, 3.05) is 17.2 Å². The monoisotopic (exact) mass is 294 g/mol. The second-order valence-electron chi connectivity index (χ2n) is 6.50. The molecule has 0 bridgehead atoms. The van der Waals surface area contributed by atoms with E-state index in [1.807, 2.05) is 24.2 Å². The number of nitrogens with zero attached hydrogens (tertiary/aromatic N) is 3. The van der Waals surface area contributed by atoms with Gasteiger partial charge < -0.3 is 10.2 Å². The Morgan fingerprint density at radius 2 is 1.95 bits per heavy atom. The van der Waals surface area contributed by atoms with Crippen LogP contribution in [0.4, 0.5) is 5.95 Å². The highest BCUT2D eigenvalue weighted by atomic mass is 32.2. The summed E-state index contributed by atoms with van der Waals surface area (Å²) in [6, 6.07) is 0.493. The first-order chi connectivity index (χ1) is 9.37. The van der Waals surface area contributed by atoms with Crippen molar-refractivity contribution in [3.63, 3.8) is 0 Å². The zero-order chi connectivity index (χ0) is 14.8. The summed E-state index contributed by atoms with van der Waals surface area (Å²) in [5.74, 6) is 2.02. The Morgan fingerprint density at radius 1 is 1.30 bits per heavy atom. The van der Waals surface area contributed by atoms with Gasteiger partial charge in [0.15, 0.2) is 0 Å². The molecule has 1 aromatic heterocycles. The fraction of sp³-hybridized carbons (Fsp3) is 0.733. The lowest BCUT2D eigenvalue weighted by atomic mass is 10.1. The molecular weight excluding hydrogens is 268 g/mol. The molecule has 0 aliphatic carbocycles. The molecule has 1 N–H and O–H groups in total. The van der Waals surface area contributed by atoms with E-state index >= 15 is 0 Å². The molecule has 1 fully saturated rings. The summed E-state index contributed by atoms with van der Waals surface area (Å²) in [7, 11) is 0. The topological polar surface area (TPSA) is 41.1 Å². The maximum absolute atomic E-state index is 4.55. The second-order valence-corrected chi connectivity index (χ2v) is 7.99. The van der Waals surface area contributed by atoms with Crippen LogP contribution in [0, 0.1) is 0 Å². The minimum Gasteiger partial charge on any atom is -0.336 e. The van der Waals surface area contributed by atoms with Crippen molar-refractivity contribution in [3.8, 4) is 0 Å². The van der Waals surface area contributed by atoms with Crippen LogP contribution in [0.15, 0.2) is 12.4 Å². The van der Waals surface area contributed by atoms with Gasteiger partial charge in [-0.3, -0.25) is 0 Å². The molecule has 20 heavy (non-hydrogen) atoms. The largest absolute Gasteiger partial charge is 0.336 e. The predicted molar refractivity (Wildman–Crippen MR) is 87.4 cm³/mol. The summed E-state index contributed by atoms with van der Waals surface area (Å²) in [4.78, 5) is 11.4. The lowest BCUT2D eigenvalue weighted by Gasteiger charge is -2.37. The number of aromatic nitrogens is 2. The van der Waals surface area contributed by atoms with Gasteiger partial charge in [0.2, 0.25) is 5.95 Å². The van der Waals surface area contributed by atoms with Crippen LogP contribution in [0.3, 0.4) is 0 Å². The summed E-state index contributed by atoms with van der Waals surface area (Å²) in [5, 5.41) is 4.09. The first kappa shape index (κ1) is 15.6. The lowest BCUT2D eigenvalue weighted by molar-refractivity contribution is 0.423. The molecule has 2 rings (SSSR count). The minimum absolute atomic E-state index is 0.118. The van der Waals surface area contributed by atoms with E-state index in [1.165, 1.54) is 0 Å². The third kappa shape index (κ3) is 4.09. The van der Waals surface area contributed by atoms with E-state index in [2.05, 4.69) is 54.8 Å². The second kappa shape index (κ2) is 6.31. The first-order valence-electron chi connectivity index (χ1n) is 7.31. The van der Waals surface area contributed by atoms with Crippen molar-refractivity contribution in [1.29, 1.82) is 0 Å². The van der Waals surface area contributed by atoms with Crippen LogP contribution in [-0.4, -0.2) is 39.1 Å². The summed E-state index contributed by atoms with van der Waals surface area (Å²) in [5.41, 5.74) is 1.25. The first-order valence-corrected chi connectivity index (χ1v) is 8.36. The Kier molecular flexibility index (Phi) is 4.91. The van der Waals surface area contributed by atoms with Crippen molar-refractivity contribution < 1.29 is 0 Å². The van der Waals surface area contributed by atoms with E-state index in [9.17, 15) is 0 Å². The molecule has 0 radical (unpaired) electrons. The highest BCUT2D eigenvalue weighted by Crippen LogP contribution is 2.26. The lowest BCUT2D eigenvalue weighted by Crippen LogP contribution is -2.45. The zero-order valence-corrected chi connectivity index (χ0v) is 14.0. The third-order valence-electron chi connectivity index (χ3n) is 3.66. The van der Waals surface area contributed by atoms with Crippen LogP contribution in [0.2, 0.25) is 0 Å². The van der Waals surface area contributed by atoms with Gasteiger partial charge in [-0.05, 0) is 27.7 Å². The highest BCUT2D eigenvalue weighted by Gasteiger charge is 2.26. The summed E-state index contributed by atoms with van der Waals surface area (Å²) < 4.78 is 0. The summed E-state index contributed by atoms with van der Waals surface area (Å²) in [6.45, 7) is 12.9. The number of hydrogen-bond acceptors (Lipinski definition) is 5. The number of nitrogens with one attached hydrogen (secondary N) is 1. The number of rotatable bonds is 3. The van der Waals surface area contributed by atoms with E-state index in [0.29, 0.717) is 11.3 Å². The van der Waals surface area contributed by atoms with Gasteiger partial charge >= 0.3 is 0 Å². The van der Waals surface area contributed by atoms with Gasteiger partial charge in [0.25, 0.3) is 0 Å². The molecule has 1 aliphatic rings. The smallest absolute Gasteiger partial charge is 0.225 e. The molecule has 1 aromatic rings. The molecule has 0 aromatic carbocycles. The van der Waals surface area contributed by atoms with Crippen LogP contribution in [-0.2, 0) is 6.54 Å². The molecule has 2 unspecified atom stereocenters. The zero-order valence-electron chi connectivity index (χ0n) is 13.2. The van der Waals surface area contributed by atoms with Gasteiger partial charge in [0, 0.05) is 53.6 Å². The molecule has 2 heterocycles. The highest BCUT2D eigenvalue weighted by molar-refractivity contribution is 8.00. The van der Waals surface area contributed by atoms with Crippen LogP contribution in [0.25, 0.3) is 0 Å². The van der Waals surface area contributed by atoms with Gasteiger partial charge in [0.1, 0.15) is 0 Å². The summed E-state index contributed by atoms with van der Waals surface area (Å²) in [6.07, 6.45) is 3.89. The van der Waals surface area contributed by atoms with Crippen LogP contribution in [0.1, 0.15) is 40.2 Å². The molecule has 0 amide bonds. The predicted octanol–water partition coefficient (Wildman–Crippen LogP) is 2.69. The van der Waals surface area contributed by atoms with Gasteiger partial charge in [0.05, 0.1) is 0 Å². The van der Waals surface area contributed by atoms with Gasteiger partial charge in [-0.1, -0.05) is 6.92 Å². The number of thioether (sulfide) groups is 1. The van der Waals surface area contributed by atoms with Gasteiger partial charge in [-0.15, -0.1) is 0 Å². The minimum atomic E-state index is 0.118. The van der Waals surface area contributed by atoms with E-state index in [1.54, 1.807) is 0 Å². The van der Waals surface area contributed by atoms with Crippen molar-refractivity contribution in [2.24, 2.45) is 0 Å². The standard InChI is InChI=1S/C15H26N4S/c1-11-12(2)20-7-6-19(11)14-16-8-13(9-17-14)10-18-15(3,4)5/h8-9,11-12,18H,6-7,10H2,1-5H3. The molecule has 5 heteroatoms. The van der Waals surface area contributed by atoms with E-state index < -0.39 is 0 Å². The molecule has 4 nitrogen and oxygen atoms in total. The van der Waals surface area contributed by atoms with E-state index in [0.717, 1.165) is 30.4 Å². The van der Waals surface area contributed by atoms with Crippen molar-refractivity contribution >= 4 is 17.7 Å². The number of anilines is 1. The fourth-order valence-electron chi connectivity index (χ4n) is 2.17. The Morgan fingerprint density at radius 3 is 2.55 bits per heavy atom. The maximum Gasteiger partial charge on any atom is 0.225 e.